The van der Waals surface area contributed by atoms with E-state index in [9.17, 15) is 18.8 Å². The standard InChI is InChI=1S/C18H24F2N3O/c1-16(2,22-9-8-18(19,20)12-22)10-13(11-21)15(24)23-14-4-6-17(23,3)7-5-14/h10,14H,3-9,12H2,1-2H3/b13-10+. The fourth-order valence-electron chi connectivity index (χ4n) is 4.35. The molecule has 3 saturated heterocycles. The predicted molar refractivity (Wildman–Crippen MR) is 86.1 cm³/mol. The second-order valence-electron chi connectivity index (χ2n) is 7.98. The Hall–Kier alpha value is -1.48. The Kier molecular flexibility index (Phi) is 3.99. The summed E-state index contributed by atoms with van der Waals surface area (Å²) < 4.78 is 27.0. The van der Waals surface area contributed by atoms with Crippen LogP contribution in [0.1, 0.15) is 46.0 Å². The van der Waals surface area contributed by atoms with Crippen molar-refractivity contribution in [2.75, 3.05) is 13.1 Å². The number of carbonyl (C=O) groups excluding carboxylic acids is 1. The molecule has 3 fully saturated rings. The molecule has 0 saturated carbocycles. The molecule has 3 heterocycles. The Morgan fingerprint density at radius 2 is 1.96 bits per heavy atom. The van der Waals surface area contributed by atoms with Crippen LogP contribution in [-0.2, 0) is 4.79 Å². The number of fused-ring (bicyclic) bond motifs is 2. The third-order valence-electron chi connectivity index (χ3n) is 5.81. The first kappa shape index (κ1) is 17.3. The minimum Gasteiger partial charge on any atom is -0.329 e. The molecule has 0 aromatic rings. The topological polar surface area (TPSA) is 47.3 Å². The molecule has 3 aliphatic rings. The van der Waals surface area contributed by atoms with Gasteiger partial charge in [-0.3, -0.25) is 9.69 Å². The molecule has 2 bridgehead atoms. The second-order valence-corrected chi connectivity index (χ2v) is 7.98. The fourth-order valence-corrected chi connectivity index (χ4v) is 4.35. The number of rotatable bonds is 3. The number of hydrogen-bond acceptors (Lipinski definition) is 3. The first-order valence-electron chi connectivity index (χ1n) is 8.53. The molecule has 6 heteroatoms. The molecular formula is C18H24F2N3O. The molecule has 131 valence electrons. The molecule has 0 unspecified atom stereocenters. The first-order chi connectivity index (χ1) is 11.1. The maximum atomic E-state index is 13.5. The molecule has 0 aromatic heterocycles. The zero-order valence-electron chi connectivity index (χ0n) is 14.3. The number of amides is 1. The van der Waals surface area contributed by atoms with Gasteiger partial charge < -0.3 is 4.90 Å². The van der Waals surface area contributed by atoms with Crippen LogP contribution >= 0.6 is 0 Å². The molecule has 4 nitrogen and oxygen atoms in total. The molecule has 0 aliphatic carbocycles. The van der Waals surface area contributed by atoms with Crippen molar-refractivity contribution < 1.29 is 13.6 Å². The van der Waals surface area contributed by atoms with Crippen molar-refractivity contribution >= 4 is 5.91 Å². The SMILES string of the molecule is [CH2]C12CCC(CC1)N2C(=O)/C(C#N)=C/C(C)(C)N1CCC(F)(F)C1. The lowest BCUT2D eigenvalue weighted by Gasteiger charge is -2.34. The van der Waals surface area contributed by atoms with Crippen LogP contribution in [0.5, 0.6) is 0 Å². The number of nitrogens with zero attached hydrogens (tertiary/aromatic N) is 3. The minimum absolute atomic E-state index is 0.0389. The van der Waals surface area contributed by atoms with E-state index < -0.39 is 17.0 Å². The maximum absolute atomic E-state index is 13.5. The van der Waals surface area contributed by atoms with Gasteiger partial charge in [0.2, 0.25) is 0 Å². The highest BCUT2D eigenvalue weighted by atomic mass is 19.3. The highest BCUT2D eigenvalue weighted by Gasteiger charge is 2.51. The van der Waals surface area contributed by atoms with Gasteiger partial charge in [-0.1, -0.05) is 0 Å². The molecule has 3 rings (SSSR count). The third kappa shape index (κ3) is 2.83. The Labute approximate surface area is 142 Å². The quantitative estimate of drug-likeness (QED) is 0.588. The van der Waals surface area contributed by atoms with Crippen LogP contribution in [0.15, 0.2) is 11.6 Å². The minimum atomic E-state index is -2.70. The van der Waals surface area contributed by atoms with E-state index in [4.69, 9.17) is 0 Å². The lowest BCUT2D eigenvalue weighted by Crippen LogP contribution is -2.46. The van der Waals surface area contributed by atoms with Gasteiger partial charge in [0.05, 0.1) is 6.54 Å². The van der Waals surface area contributed by atoms with E-state index >= 15 is 0 Å². The number of carbonyl (C=O) groups is 1. The van der Waals surface area contributed by atoms with Crippen molar-refractivity contribution in [2.24, 2.45) is 0 Å². The van der Waals surface area contributed by atoms with Gasteiger partial charge in [0.15, 0.2) is 0 Å². The average Bonchev–Trinajstić information content (AvgIpc) is 3.13. The summed E-state index contributed by atoms with van der Waals surface area (Å²) in [6, 6.07) is 2.15. The molecule has 0 N–H and O–H groups in total. The molecule has 0 atom stereocenters. The maximum Gasteiger partial charge on any atom is 0.264 e. The van der Waals surface area contributed by atoms with Crippen molar-refractivity contribution in [3.05, 3.63) is 18.6 Å². The van der Waals surface area contributed by atoms with Crippen LogP contribution in [0, 0.1) is 18.3 Å². The van der Waals surface area contributed by atoms with Crippen LogP contribution in [0.4, 0.5) is 8.78 Å². The van der Waals surface area contributed by atoms with Gasteiger partial charge in [0, 0.05) is 30.1 Å². The van der Waals surface area contributed by atoms with E-state index in [0.717, 1.165) is 25.7 Å². The van der Waals surface area contributed by atoms with Crippen molar-refractivity contribution in [3.63, 3.8) is 0 Å². The number of alkyl halides is 2. The van der Waals surface area contributed by atoms with Gasteiger partial charge in [0.1, 0.15) is 11.6 Å². The van der Waals surface area contributed by atoms with Crippen molar-refractivity contribution in [2.45, 2.75) is 69.0 Å². The molecule has 24 heavy (non-hydrogen) atoms. The van der Waals surface area contributed by atoms with E-state index in [1.165, 1.54) is 0 Å². The Bertz CT molecular complexity index is 612. The number of halogens is 2. The fraction of sp³-hybridized carbons (Fsp3) is 0.722. The van der Waals surface area contributed by atoms with E-state index in [0.29, 0.717) is 0 Å². The lowest BCUT2D eigenvalue weighted by atomic mass is 9.90. The van der Waals surface area contributed by atoms with Gasteiger partial charge in [0.25, 0.3) is 11.8 Å². The summed E-state index contributed by atoms with van der Waals surface area (Å²) in [5, 5.41) is 9.49. The summed E-state index contributed by atoms with van der Waals surface area (Å²) in [7, 11) is 0. The van der Waals surface area contributed by atoms with Crippen LogP contribution in [-0.4, -0.2) is 51.8 Å². The van der Waals surface area contributed by atoms with E-state index in [2.05, 4.69) is 6.92 Å². The van der Waals surface area contributed by atoms with Gasteiger partial charge in [-0.25, -0.2) is 8.78 Å². The van der Waals surface area contributed by atoms with Gasteiger partial charge in [-0.05, 0) is 52.5 Å². The van der Waals surface area contributed by atoms with Crippen molar-refractivity contribution in [3.8, 4) is 6.07 Å². The summed E-state index contributed by atoms with van der Waals surface area (Å²) in [6.07, 6.45) is 4.95. The molecule has 0 spiro atoms. The van der Waals surface area contributed by atoms with Crippen molar-refractivity contribution in [1.82, 2.24) is 9.80 Å². The Morgan fingerprint density at radius 3 is 2.38 bits per heavy atom. The number of nitriles is 1. The normalized spacial score (nSPS) is 33.1. The zero-order chi connectivity index (χ0) is 17.8. The van der Waals surface area contributed by atoms with Gasteiger partial charge >= 0.3 is 0 Å². The summed E-state index contributed by atoms with van der Waals surface area (Å²) >= 11 is 0. The molecule has 0 aromatic carbocycles. The highest BCUT2D eigenvalue weighted by molar-refractivity contribution is 5.98. The van der Waals surface area contributed by atoms with E-state index in [-0.39, 0.29) is 37.0 Å². The van der Waals surface area contributed by atoms with Crippen LogP contribution in [0.25, 0.3) is 0 Å². The summed E-state index contributed by atoms with van der Waals surface area (Å²) in [4.78, 5) is 16.3. The van der Waals surface area contributed by atoms with Crippen LogP contribution in [0.3, 0.4) is 0 Å². The summed E-state index contributed by atoms with van der Waals surface area (Å²) in [5.41, 5.74) is -1.13. The number of hydrogen-bond donors (Lipinski definition) is 0. The number of likely N-dealkylation sites (tertiary alicyclic amines) is 1. The van der Waals surface area contributed by atoms with Gasteiger partial charge in [-0.15, -0.1) is 0 Å². The van der Waals surface area contributed by atoms with E-state index in [1.54, 1.807) is 29.7 Å². The highest BCUT2D eigenvalue weighted by Crippen LogP contribution is 2.46. The second kappa shape index (κ2) is 5.52. The smallest absolute Gasteiger partial charge is 0.264 e. The van der Waals surface area contributed by atoms with Crippen molar-refractivity contribution in [1.29, 1.82) is 5.26 Å². The monoisotopic (exact) mass is 336 g/mol. The average molecular weight is 336 g/mol. The molecular weight excluding hydrogens is 312 g/mol. The Morgan fingerprint density at radius 1 is 1.33 bits per heavy atom. The van der Waals surface area contributed by atoms with E-state index in [1.807, 2.05) is 6.07 Å². The first-order valence-corrected chi connectivity index (χ1v) is 8.53. The van der Waals surface area contributed by atoms with Gasteiger partial charge in [-0.2, -0.15) is 5.26 Å². The van der Waals surface area contributed by atoms with Crippen LogP contribution in [0.2, 0.25) is 0 Å². The van der Waals surface area contributed by atoms with Crippen LogP contribution < -0.4 is 0 Å². The summed E-state index contributed by atoms with van der Waals surface area (Å²) in [5.74, 6) is -3.00. The molecule has 1 radical (unpaired) electrons. The molecule has 3 aliphatic heterocycles. The summed E-state index contributed by atoms with van der Waals surface area (Å²) in [6.45, 7) is 7.67. The predicted octanol–water partition coefficient (Wildman–Crippen LogP) is 2.91. The Balaban J connectivity index is 1.82. The largest absolute Gasteiger partial charge is 0.329 e. The lowest BCUT2D eigenvalue weighted by molar-refractivity contribution is -0.129. The molecule has 1 amide bonds. The third-order valence-corrected chi connectivity index (χ3v) is 5.81. The zero-order valence-corrected chi connectivity index (χ0v) is 14.3.